The van der Waals surface area contributed by atoms with Crippen LogP contribution in [0.15, 0.2) is 103 Å². The minimum atomic E-state index is -3.70. The summed E-state index contributed by atoms with van der Waals surface area (Å²) in [5.41, 5.74) is 3.39. The van der Waals surface area contributed by atoms with Crippen LogP contribution in [0, 0.1) is 0 Å². The summed E-state index contributed by atoms with van der Waals surface area (Å²) >= 11 is 0. The average molecular weight is 624 g/mol. The maximum atomic E-state index is 13.0. The molecule has 9 nitrogen and oxygen atoms in total. The number of ether oxygens (including phenoxy) is 3. The van der Waals surface area contributed by atoms with Crippen molar-refractivity contribution in [2.45, 2.75) is 12.6 Å². The van der Waals surface area contributed by atoms with Crippen LogP contribution in [0.2, 0.25) is 0 Å². The molecule has 0 bridgehead atoms. The smallest absolute Gasteiger partial charge is 0.232 e. The number of anilines is 1. The van der Waals surface area contributed by atoms with E-state index in [2.05, 4.69) is 4.98 Å². The van der Waals surface area contributed by atoms with Gasteiger partial charge in [0.1, 0.15) is 23.1 Å². The van der Waals surface area contributed by atoms with E-state index in [1.54, 1.807) is 43.3 Å². The van der Waals surface area contributed by atoms with E-state index in [9.17, 15) is 13.5 Å². The molecule has 4 aromatic carbocycles. The van der Waals surface area contributed by atoms with Crippen LogP contribution >= 0.6 is 0 Å². The van der Waals surface area contributed by atoms with Crippen molar-refractivity contribution < 1.29 is 27.7 Å². The highest BCUT2D eigenvalue weighted by Gasteiger charge is 2.29. The zero-order valence-corrected chi connectivity index (χ0v) is 26.2. The maximum Gasteiger partial charge on any atom is 0.232 e. The highest BCUT2D eigenvalue weighted by atomic mass is 32.2. The minimum absolute atomic E-state index is 0.103. The van der Waals surface area contributed by atoms with Gasteiger partial charge in [-0.25, -0.2) is 8.42 Å². The van der Waals surface area contributed by atoms with Crippen LogP contribution in [-0.4, -0.2) is 50.6 Å². The fourth-order valence-corrected chi connectivity index (χ4v) is 6.13. The van der Waals surface area contributed by atoms with Crippen LogP contribution < -0.4 is 18.5 Å². The molecule has 1 N–H and O–H groups in total. The van der Waals surface area contributed by atoms with Crippen molar-refractivity contribution in [2.24, 2.45) is 0 Å². The lowest BCUT2D eigenvalue weighted by molar-refractivity contribution is 0.252. The second kappa shape index (κ2) is 12.0. The second-order valence-corrected chi connectivity index (χ2v) is 12.7. The summed E-state index contributed by atoms with van der Waals surface area (Å²) in [4.78, 5) is 4.68. The molecule has 0 aliphatic rings. The lowest BCUT2D eigenvalue weighted by Crippen LogP contribution is -2.25. The van der Waals surface area contributed by atoms with E-state index in [1.807, 2.05) is 78.9 Å². The van der Waals surface area contributed by atoms with Crippen LogP contribution in [0.1, 0.15) is 22.8 Å². The third-order valence-corrected chi connectivity index (χ3v) is 9.08. The standard InChI is InChI=1S/C35H33N3O6S/c1-37(45(4,40)41)32-27-16-11-19-36-31(27)34(44-33(23-12-7-5-8-13-23)24-14-9-6-10-15-24)30-28(32)22-38(35(30)39)21-25-17-18-26(42-2)20-29(25)43-3/h5-20,22,33,39H,21H2,1-4H3. The number of benzene rings is 4. The van der Waals surface area contributed by atoms with Crippen molar-refractivity contribution in [3.05, 3.63) is 120 Å². The molecule has 6 rings (SSSR count). The molecule has 0 unspecified atom stereocenters. The van der Waals surface area contributed by atoms with Gasteiger partial charge < -0.3 is 23.9 Å². The molecular formula is C35H33N3O6S. The van der Waals surface area contributed by atoms with Gasteiger partial charge in [0.25, 0.3) is 0 Å². The SMILES string of the molecule is COc1ccc(Cn2cc3c(N(C)S(C)(=O)=O)c4cccnc4c(OC(c4ccccc4)c4ccccc4)c3c2O)c(OC)c1. The van der Waals surface area contributed by atoms with Crippen molar-refractivity contribution >= 4 is 37.4 Å². The Bertz CT molecular complexity index is 2060. The molecule has 0 saturated carbocycles. The van der Waals surface area contributed by atoms with Gasteiger partial charge in [0.15, 0.2) is 5.75 Å². The van der Waals surface area contributed by atoms with Gasteiger partial charge in [0.05, 0.1) is 38.1 Å². The largest absolute Gasteiger partial charge is 0.497 e. The molecule has 0 radical (unpaired) electrons. The van der Waals surface area contributed by atoms with Crippen LogP contribution in [0.4, 0.5) is 5.69 Å². The number of nitrogens with zero attached hydrogens (tertiary/aromatic N) is 3. The molecule has 2 heterocycles. The number of rotatable bonds is 10. The molecule has 0 amide bonds. The van der Waals surface area contributed by atoms with E-state index in [0.717, 1.165) is 22.9 Å². The Balaban J connectivity index is 1.64. The summed E-state index contributed by atoms with van der Waals surface area (Å²) in [5, 5.41) is 13.3. The predicted octanol–water partition coefficient (Wildman–Crippen LogP) is 6.52. The van der Waals surface area contributed by atoms with Crippen LogP contribution in [0.25, 0.3) is 21.7 Å². The van der Waals surface area contributed by atoms with E-state index in [1.165, 1.54) is 11.4 Å². The topological polar surface area (TPSA) is 103 Å². The van der Waals surface area contributed by atoms with Gasteiger partial charge in [-0.05, 0) is 35.4 Å². The van der Waals surface area contributed by atoms with E-state index in [0.29, 0.717) is 44.6 Å². The zero-order chi connectivity index (χ0) is 31.7. The Morgan fingerprint density at radius 3 is 2.16 bits per heavy atom. The van der Waals surface area contributed by atoms with Crippen LogP contribution in [0.5, 0.6) is 23.1 Å². The van der Waals surface area contributed by atoms with Gasteiger partial charge in [0.2, 0.25) is 15.9 Å². The van der Waals surface area contributed by atoms with E-state index in [-0.39, 0.29) is 12.4 Å². The monoisotopic (exact) mass is 623 g/mol. The normalized spacial score (nSPS) is 11.7. The molecule has 0 saturated heterocycles. The molecule has 2 aromatic heterocycles. The van der Waals surface area contributed by atoms with Crippen molar-refractivity contribution in [1.82, 2.24) is 9.55 Å². The molecule has 230 valence electrons. The summed E-state index contributed by atoms with van der Waals surface area (Å²) in [5.74, 6) is 1.45. The van der Waals surface area contributed by atoms with Gasteiger partial charge in [-0.15, -0.1) is 0 Å². The minimum Gasteiger partial charge on any atom is -0.497 e. The van der Waals surface area contributed by atoms with E-state index >= 15 is 0 Å². The first-order chi connectivity index (χ1) is 21.7. The van der Waals surface area contributed by atoms with Gasteiger partial charge >= 0.3 is 0 Å². The van der Waals surface area contributed by atoms with Crippen molar-refractivity contribution in [1.29, 1.82) is 0 Å². The molecule has 10 heteroatoms. The Morgan fingerprint density at radius 1 is 0.889 bits per heavy atom. The zero-order valence-electron chi connectivity index (χ0n) is 25.3. The summed E-state index contributed by atoms with van der Waals surface area (Å²) in [6.07, 6.45) is 3.96. The number of hydrogen-bond donors (Lipinski definition) is 1. The Labute approximate surface area is 261 Å². The third-order valence-electron chi connectivity index (χ3n) is 7.90. The first-order valence-electron chi connectivity index (χ1n) is 14.2. The highest BCUT2D eigenvalue weighted by Crippen LogP contribution is 2.49. The number of sulfonamides is 1. The molecule has 45 heavy (non-hydrogen) atoms. The Kier molecular flexibility index (Phi) is 7.99. The quantitative estimate of drug-likeness (QED) is 0.185. The number of pyridine rings is 1. The van der Waals surface area contributed by atoms with Gasteiger partial charge in [0, 0.05) is 41.8 Å². The molecule has 0 fully saturated rings. The van der Waals surface area contributed by atoms with Crippen molar-refractivity contribution in [3.8, 4) is 23.1 Å². The lowest BCUT2D eigenvalue weighted by atomic mass is 10.0. The van der Waals surface area contributed by atoms with Crippen LogP contribution in [0.3, 0.4) is 0 Å². The lowest BCUT2D eigenvalue weighted by Gasteiger charge is -2.24. The summed E-state index contributed by atoms with van der Waals surface area (Å²) in [6, 6.07) is 28.6. The number of methoxy groups -OCH3 is 2. The first-order valence-corrected chi connectivity index (χ1v) is 16.1. The molecule has 6 aromatic rings. The van der Waals surface area contributed by atoms with Gasteiger partial charge in [-0.3, -0.25) is 9.29 Å². The van der Waals surface area contributed by atoms with Crippen LogP contribution in [-0.2, 0) is 16.6 Å². The molecule has 0 aliphatic heterocycles. The van der Waals surface area contributed by atoms with Crippen molar-refractivity contribution in [3.63, 3.8) is 0 Å². The van der Waals surface area contributed by atoms with E-state index in [4.69, 9.17) is 14.2 Å². The molecular weight excluding hydrogens is 590 g/mol. The van der Waals surface area contributed by atoms with Gasteiger partial charge in [-0.2, -0.15) is 0 Å². The summed E-state index contributed by atoms with van der Waals surface area (Å²) in [6.45, 7) is 0.222. The van der Waals surface area contributed by atoms with Gasteiger partial charge in [-0.1, -0.05) is 60.7 Å². The predicted molar refractivity (Wildman–Crippen MR) is 176 cm³/mol. The fraction of sp³-hybridized carbons (Fsp3) is 0.171. The first kappa shape index (κ1) is 29.8. The highest BCUT2D eigenvalue weighted by molar-refractivity contribution is 7.92. The van der Waals surface area contributed by atoms with Crippen molar-refractivity contribution in [2.75, 3.05) is 31.8 Å². The Morgan fingerprint density at radius 2 is 1.56 bits per heavy atom. The second-order valence-electron chi connectivity index (χ2n) is 10.7. The summed E-state index contributed by atoms with van der Waals surface area (Å²) in [7, 11) is 0.944. The summed E-state index contributed by atoms with van der Waals surface area (Å²) < 4.78 is 46.7. The molecule has 0 aliphatic carbocycles. The average Bonchev–Trinajstić information content (AvgIpc) is 3.38. The maximum absolute atomic E-state index is 13.0. The number of aromatic nitrogens is 2. The fourth-order valence-electron chi connectivity index (χ4n) is 5.60. The molecule has 0 atom stereocenters. The van der Waals surface area contributed by atoms with E-state index < -0.39 is 16.1 Å². The Hall–Kier alpha value is -5.22. The number of fused-ring (bicyclic) bond motifs is 2. The molecule has 0 spiro atoms. The number of hydrogen-bond acceptors (Lipinski definition) is 7. The third kappa shape index (κ3) is 5.60. The number of aromatic hydroxyl groups is 1.